The number of alkyl halides is 6. The third-order valence-electron chi connectivity index (χ3n) is 4.83. The van der Waals surface area contributed by atoms with E-state index in [4.69, 9.17) is 4.74 Å². The van der Waals surface area contributed by atoms with Crippen LogP contribution in [0.15, 0.2) is 18.2 Å². The quantitative estimate of drug-likeness (QED) is 0.536. The molecule has 10 heteroatoms. The van der Waals surface area contributed by atoms with E-state index >= 15 is 0 Å². The Bertz CT molecular complexity index is 771. The summed E-state index contributed by atoms with van der Waals surface area (Å²) < 4.78 is 83.0. The molecular weight excluding hydrogens is 428 g/mol. The van der Waals surface area contributed by atoms with E-state index in [2.05, 4.69) is 0 Å². The summed E-state index contributed by atoms with van der Waals surface area (Å²) in [4.78, 5) is 25.9. The summed E-state index contributed by atoms with van der Waals surface area (Å²) in [6.07, 6.45) is -9.84. The average molecular weight is 453 g/mol. The van der Waals surface area contributed by atoms with Crippen LogP contribution >= 0.6 is 0 Å². The first-order chi connectivity index (χ1) is 14.0. The van der Waals surface area contributed by atoms with Crippen LogP contribution in [0.5, 0.6) is 0 Å². The highest BCUT2D eigenvalue weighted by Gasteiger charge is 2.37. The van der Waals surface area contributed by atoms with E-state index in [1.165, 1.54) is 4.90 Å². The second-order valence-corrected chi connectivity index (χ2v) is 8.74. The van der Waals surface area contributed by atoms with Gasteiger partial charge < -0.3 is 9.64 Å². The van der Waals surface area contributed by atoms with Crippen molar-refractivity contribution >= 4 is 11.9 Å². The fourth-order valence-corrected chi connectivity index (χ4v) is 3.39. The number of benzene rings is 1. The van der Waals surface area contributed by atoms with Crippen molar-refractivity contribution in [2.45, 2.75) is 64.4 Å². The van der Waals surface area contributed by atoms with E-state index in [1.54, 1.807) is 20.8 Å². The Balaban J connectivity index is 1.98. The minimum absolute atomic E-state index is 0.0275. The first kappa shape index (κ1) is 25.0. The predicted molar refractivity (Wildman–Crippen MR) is 100 cm³/mol. The lowest BCUT2D eigenvalue weighted by Crippen LogP contribution is -2.42. The average Bonchev–Trinajstić information content (AvgIpc) is 2.59. The van der Waals surface area contributed by atoms with Gasteiger partial charge in [-0.25, -0.2) is 4.79 Å². The number of hydrogen-bond acceptors (Lipinski definition) is 3. The third-order valence-corrected chi connectivity index (χ3v) is 4.83. The van der Waals surface area contributed by atoms with Gasteiger partial charge in [-0.3, -0.25) is 4.79 Å². The maximum Gasteiger partial charge on any atom is 0.416 e. The van der Waals surface area contributed by atoms with Crippen LogP contribution in [0.1, 0.15) is 56.7 Å². The van der Waals surface area contributed by atoms with Gasteiger partial charge in [-0.1, -0.05) is 0 Å². The normalized spacial score (nSPS) is 16.4. The third kappa shape index (κ3) is 7.74. The van der Waals surface area contributed by atoms with Gasteiger partial charge in [0.2, 0.25) is 0 Å². The van der Waals surface area contributed by atoms with Gasteiger partial charge in [0, 0.05) is 25.9 Å². The molecule has 1 aromatic carbocycles. The Morgan fingerprint density at radius 1 is 0.935 bits per heavy atom. The lowest BCUT2D eigenvalue weighted by molar-refractivity contribution is -0.143. The number of Topliss-reactive ketones (excluding diaryl/α,β-unsaturated/α-hetero) is 1. The van der Waals surface area contributed by atoms with E-state index < -0.39 is 47.4 Å². The molecule has 2 rings (SSSR count). The Morgan fingerprint density at radius 2 is 1.42 bits per heavy atom. The molecule has 0 N–H and O–H groups in total. The van der Waals surface area contributed by atoms with Crippen LogP contribution in [0.25, 0.3) is 0 Å². The summed E-state index contributed by atoms with van der Waals surface area (Å²) in [5.41, 5.74) is -3.82. The molecule has 0 unspecified atom stereocenters. The fourth-order valence-electron chi connectivity index (χ4n) is 3.39. The largest absolute Gasteiger partial charge is 0.444 e. The van der Waals surface area contributed by atoms with Crippen LogP contribution in [0.3, 0.4) is 0 Å². The number of halogens is 6. The lowest BCUT2D eigenvalue weighted by Gasteiger charge is -2.33. The summed E-state index contributed by atoms with van der Waals surface area (Å²) in [5.74, 6) is -0.540. The molecule has 0 saturated carbocycles. The Hall–Kier alpha value is -2.26. The van der Waals surface area contributed by atoms with Crippen molar-refractivity contribution < 1.29 is 40.7 Å². The lowest BCUT2D eigenvalue weighted by atomic mass is 9.89. The molecule has 31 heavy (non-hydrogen) atoms. The zero-order valence-electron chi connectivity index (χ0n) is 17.5. The van der Waals surface area contributed by atoms with Crippen molar-refractivity contribution in [1.29, 1.82) is 0 Å². The van der Waals surface area contributed by atoms with Crippen LogP contribution in [-0.2, 0) is 28.3 Å². The minimum Gasteiger partial charge on any atom is -0.444 e. The summed E-state index contributed by atoms with van der Waals surface area (Å²) in [6.45, 7) is 5.97. The number of ether oxygens (including phenoxy) is 1. The van der Waals surface area contributed by atoms with Crippen LogP contribution in [0.2, 0.25) is 0 Å². The van der Waals surface area contributed by atoms with Crippen molar-refractivity contribution in [3.8, 4) is 0 Å². The number of carbonyl (C=O) groups is 2. The number of piperidine rings is 1. The Morgan fingerprint density at radius 3 is 1.84 bits per heavy atom. The van der Waals surface area contributed by atoms with Gasteiger partial charge in [-0.05, 0) is 63.3 Å². The SMILES string of the molecule is CC(C)(C)OC(=O)N1CCC(CC(=O)Cc2cc(C(F)(F)F)cc(C(F)(F)F)c2)CC1. The Labute approximate surface area is 176 Å². The van der Waals surface area contributed by atoms with Crippen molar-refractivity contribution in [2.24, 2.45) is 5.92 Å². The predicted octanol–water partition coefficient (Wildman–Crippen LogP) is 5.87. The molecular formula is C21H25F6NO3. The summed E-state index contributed by atoms with van der Waals surface area (Å²) in [7, 11) is 0. The summed E-state index contributed by atoms with van der Waals surface area (Å²) >= 11 is 0. The first-order valence-electron chi connectivity index (χ1n) is 9.82. The van der Waals surface area contributed by atoms with E-state index in [9.17, 15) is 35.9 Å². The van der Waals surface area contributed by atoms with Crippen LogP contribution in [0.4, 0.5) is 31.1 Å². The number of nitrogens with zero attached hydrogens (tertiary/aromatic N) is 1. The van der Waals surface area contributed by atoms with Crippen LogP contribution in [0, 0.1) is 5.92 Å². The molecule has 0 atom stereocenters. The van der Waals surface area contributed by atoms with Crippen LogP contribution in [-0.4, -0.2) is 35.5 Å². The zero-order chi connectivity index (χ0) is 23.6. The van der Waals surface area contributed by atoms with Crippen molar-refractivity contribution in [3.05, 3.63) is 34.9 Å². The molecule has 174 valence electrons. The molecule has 1 aliphatic rings. The summed E-state index contributed by atoms with van der Waals surface area (Å²) in [6, 6.07) is 1.21. The summed E-state index contributed by atoms with van der Waals surface area (Å²) in [5, 5.41) is 0. The number of amides is 1. The zero-order valence-corrected chi connectivity index (χ0v) is 17.5. The second-order valence-electron chi connectivity index (χ2n) is 8.74. The van der Waals surface area contributed by atoms with Crippen LogP contribution < -0.4 is 0 Å². The van der Waals surface area contributed by atoms with Gasteiger partial charge in [0.1, 0.15) is 11.4 Å². The molecule has 1 fully saturated rings. The van der Waals surface area contributed by atoms with E-state index in [0.29, 0.717) is 38.1 Å². The minimum atomic E-state index is -4.95. The number of carbonyl (C=O) groups excluding carboxylic acids is 2. The first-order valence-corrected chi connectivity index (χ1v) is 9.82. The van der Waals surface area contributed by atoms with E-state index in [-0.39, 0.29) is 24.0 Å². The van der Waals surface area contributed by atoms with Gasteiger partial charge in [-0.2, -0.15) is 26.3 Å². The molecule has 0 spiro atoms. The number of hydrogen-bond donors (Lipinski definition) is 0. The molecule has 1 heterocycles. The monoisotopic (exact) mass is 453 g/mol. The van der Waals surface area contributed by atoms with Gasteiger partial charge in [0.05, 0.1) is 11.1 Å². The maximum absolute atomic E-state index is 13.0. The van der Waals surface area contributed by atoms with Crippen molar-refractivity contribution in [3.63, 3.8) is 0 Å². The van der Waals surface area contributed by atoms with Crippen molar-refractivity contribution in [1.82, 2.24) is 4.90 Å². The van der Waals surface area contributed by atoms with Gasteiger partial charge >= 0.3 is 18.4 Å². The molecule has 0 aliphatic carbocycles. The fraction of sp³-hybridized carbons (Fsp3) is 0.619. The topological polar surface area (TPSA) is 46.6 Å². The molecule has 0 aromatic heterocycles. The number of ketones is 1. The molecule has 0 bridgehead atoms. The number of rotatable bonds is 4. The van der Waals surface area contributed by atoms with Gasteiger partial charge in [0.15, 0.2) is 0 Å². The molecule has 1 aromatic rings. The Kier molecular flexibility index (Phi) is 7.32. The highest BCUT2D eigenvalue weighted by Crippen LogP contribution is 2.36. The molecule has 1 aliphatic heterocycles. The second kappa shape index (κ2) is 9.08. The van der Waals surface area contributed by atoms with Gasteiger partial charge in [0.25, 0.3) is 0 Å². The highest BCUT2D eigenvalue weighted by atomic mass is 19.4. The standard InChI is InChI=1S/C21H25F6NO3/c1-19(2,3)31-18(30)28-6-4-13(5-7-28)10-17(29)11-14-8-15(20(22,23)24)12-16(9-14)21(25,26)27/h8-9,12-13H,4-7,10-11H2,1-3H3. The van der Waals surface area contributed by atoms with Crippen molar-refractivity contribution in [2.75, 3.05) is 13.1 Å². The highest BCUT2D eigenvalue weighted by molar-refractivity contribution is 5.81. The van der Waals surface area contributed by atoms with Gasteiger partial charge in [-0.15, -0.1) is 0 Å². The number of likely N-dealkylation sites (tertiary alicyclic amines) is 1. The molecule has 0 radical (unpaired) electrons. The molecule has 4 nitrogen and oxygen atoms in total. The smallest absolute Gasteiger partial charge is 0.416 e. The maximum atomic E-state index is 13.0. The molecule has 1 amide bonds. The molecule has 1 saturated heterocycles. The van der Waals surface area contributed by atoms with E-state index in [0.717, 1.165) is 0 Å². The van der Waals surface area contributed by atoms with E-state index in [1.807, 2.05) is 0 Å².